The summed E-state index contributed by atoms with van der Waals surface area (Å²) < 4.78 is 1.88. The Labute approximate surface area is 126 Å². The number of nitrogens with one attached hydrogen (secondary N) is 1. The van der Waals surface area contributed by atoms with Crippen molar-refractivity contribution in [1.82, 2.24) is 0 Å². The molecule has 0 radical (unpaired) electrons. The Kier molecular flexibility index (Phi) is 5.09. The Bertz CT molecular complexity index is 605. The van der Waals surface area contributed by atoms with Crippen molar-refractivity contribution in [2.24, 2.45) is 0 Å². The summed E-state index contributed by atoms with van der Waals surface area (Å²) in [6.45, 7) is 6.70. The molecule has 1 atom stereocenters. The average molecular weight is 283 g/mol. The lowest BCUT2D eigenvalue weighted by Crippen LogP contribution is -2.39. The zero-order valence-corrected chi connectivity index (χ0v) is 13.0. The molecule has 110 valence electrons. The van der Waals surface area contributed by atoms with E-state index in [1.807, 2.05) is 54.2 Å². The zero-order valence-electron chi connectivity index (χ0n) is 13.0. The fourth-order valence-electron chi connectivity index (χ4n) is 2.25. The maximum Gasteiger partial charge on any atom is 0.290 e. The highest BCUT2D eigenvalue weighted by molar-refractivity contribution is 5.90. The summed E-state index contributed by atoms with van der Waals surface area (Å²) in [5.41, 5.74) is 3.31. The predicted molar refractivity (Wildman–Crippen MR) is 85.2 cm³/mol. The first-order chi connectivity index (χ1) is 10.1. The van der Waals surface area contributed by atoms with Crippen molar-refractivity contribution in [2.45, 2.75) is 39.7 Å². The molecule has 3 nitrogen and oxygen atoms in total. The van der Waals surface area contributed by atoms with Gasteiger partial charge in [0.15, 0.2) is 12.4 Å². The van der Waals surface area contributed by atoms with Crippen LogP contribution < -0.4 is 9.88 Å². The van der Waals surface area contributed by atoms with Crippen molar-refractivity contribution in [3.8, 4) is 0 Å². The number of aryl methyl sites for hydroxylation is 1. The zero-order chi connectivity index (χ0) is 15.2. The van der Waals surface area contributed by atoms with E-state index in [9.17, 15) is 4.79 Å². The number of aromatic nitrogens is 1. The summed E-state index contributed by atoms with van der Waals surface area (Å²) in [7, 11) is 0. The highest BCUT2D eigenvalue weighted by Gasteiger charge is 2.13. The number of anilines is 1. The Hall–Kier alpha value is -2.16. The van der Waals surface area contributed by atoms with Crippen molar-refractivity contribution >= 4 is 11.6 Å². The standard InChI is InChI=1S/C18H22N2O/c1-4-15(3)16-7-5-6-8-17(16)19-18(21)13-20-11-9-14(2)10-12-20/h5-12,15H,4,13H2,1-3H3/p+1/t15-/m0/s1. The van der Waals surface area contributed by atoms with E-state index in [-0.39, 0.29) is 5.91 Å². The number of rotatable bonds is 5. The summed E-state index contributed by atoms with van der Waals surface area (Å²) in [6.07, 6.45) is 4.91. The van der Waals surface area contributed by atoms with Gasteiger partial charge in [0.2, 0.25) is 6.54 Å². The summed E-state index contributed by atoms with van der Waals surface area (Å²) >= 11 is 0. The first-order valence-corrected chi connectivity index (χ1v) is 7.44. The van der Waals surface area contributed by atoms with Crippen LogP contribution in [-0.4, -0.2) is 5.91 Å². The monoisotopic (exact) mass is 283 g/mol. The third-order valence-corrected chi connectivity index (χ3v) is 3.76. The van der Waals surface area contributed by atoms with Crippen LogP contribution in [0.25, 0.3) is 0 Å². The molecule has 0 aliphatic carbocycles. The number of amides is 1. The molecule has 1 aromatic heterocycles. The predicted octanol–water partition coefficient (Wildman–Crippen LogP) is 3.43. The van der Waals surface area contributed by atoms with Crippen LogP contribution in [0.4, 0.5) is 5.69 Å². The second-order valence-corrected chi connectivity index (χ2v) is 5.49. The van der Waals surface area contributed by atoms with Gasteiger partial charge in [-0.15, -0.1) is 0 Å². The Morgan fingerprint density at radius 3 is 2.52 bits per heavy atom. The van der Waals surface area contributed by atoms with E-state index in [1.165, 1.54) is 11.1 Å². The summed E-state index contributed by atoms with van der Waals surface area (Å²) in [5.74, 6) is 0.438. The lowest BCUT2D eigenvalue weighted by Gasteiger charge is -2.14. The molecule has 1 amide bonds. The minimum Gasteiger partial charge on any atom is -0.320 e. The molecule has 21 heavy (non-hydrogen) atoms. The number of nitrogens with zero attached hydrogens (tertiary/aromatic N) is 1. The highest BCUT2D eigenvalue weighted by atomic mass is 16.1. The van der Waals surface area contributed by atoms with Gasteiger partial charge in [0.1, 0.15) is 0 Å². The first-order valence-electron chi connectivity index (χ1n) is 7.44. The number of pyridine rings is 1. The lowest BCUT2D eigenvalue weighted by molar-refractivity contribution is -0.684. The summed E-state index contributed by atoms with van der Waals surface area (Å²) in [6, 6.07) is 12.0. The van der Waals surface area contributed by atoms with E-state index in [2.05, 4.69) is 25.2 Å². The van der Waals surface area contributed by atoms with Crippen LogP contribution >= 0.6 is 0 Å². The molecule has 0 aliphatic rings. The minimum absolute atomic E-state index is 0.000365. The minimum atomic E-state index is -0.000365. The number of hydrogen-bond donors (Lipinski definition) is 1. The van der Waals surface area contributed by atoms with Gasteiger partial charge in [0, 0.05) is 17.8 Å². The van der Waals surface area contributed by atoms with Crippen LogP contribution in [0.5, 0.6) is 0 Å². The molecule has 0 fully saturated rings. The second kappa shape index (κ2) is 7.02. The molecule has 0 spiro atoms. The van der Waals surface area contributed by atoms with Crippen molar-refractivity contribution < 1.29 is 9.36 Å². The van der Waals surface area contributed by atoms with Crippen LogP contribution in [0.3, 0.4) is 0 Å². The fraction of sp³-hybridized carbons (Fsp3) is 0.333. The average Bonchev–Trinajstić information content (AvgIpc) is 2.49. The molecule has 2 aromatic rings. The highest BCUT2D eigenvalue weighted by Crippen LogP contribution is 2.26. The summed E-state index contributed by atoms with van der Waals surface area (Å²) in [4.78, 5) is 12.2. The third kappa shape index (κ3) is 4.15. The van der Waals surface area contributed by atoms with Gasteiger partial charge in [-0.3, -0.25) is 4.79 Å². The number of carbonyl (C=O) groups excluding carboxylic acids is 1. The molecule has 0 aliphatic heterocycles. The van der Waals surface area contributed by atoms with Crippen LogP contribution in [0.15, 0.2) is 48.8 Å². The third-order valence-electron chi connectivity index (χ3n) is 3.76. The normalized spacial score (nSPS) is 12.0. The van der Waals surface area contributed by atoms with Gasteiger partial charge in [0.05, 0.1) is 0 Å². The molecule has 0 saturated carbocycles. The van der Waals surface area contributed by atoms with E-state index < -0.39 is 0 Å². The van der Waals surface area contributed by atoms with Gasteiger partial charge < -0.3 is 5.32 Å². The first kappa shape index (κ1) is 15.2. The topological polar surface area (TPSA) is 33.0 Å². The van der Waals surface area contributed by atoms with Crippen molar-refractivity contribution in [3.05, 3.63) is 59.9 Å². The number of benzene rings is 1. The van der Waals surface area contributed by atoms with E-state index in [0.717, 1.165) is 12.1 Å². The number of hydrogen-bond acceptors (Lipinski definition) is 1. The van der Waals surface area contributed by atoms with Gasteiger partial charge in [0.25, 0.3) is 5.91 Å². The van der Waals surface area contributed by atoms with Gasteiger partial charge in [-0.05, 0) is 36.5 Å². The van der Waals surface area contributed by atoms with E-state index in [1.54, 1.807) is 0 Å². The van der Waals surface area contributed by atoms with Crippen LogP contribution in [-0.2, 0) is 11.3 Å². The molecule has 1 heterocycles. The maximum absolute atomic E-state index is 12.2. The fourth-order valence-corrected chi connectivity index (χ4v) is 2.25. The van der Waals surface area contributed by atoms with Crippen LogP contribution in [0.1, 0.15) is 37.3 Å². The van der Waals surface area contributed by atoms with Gasteiger partial charge in [-0.1, -0.05) is 32.0 Å². The molecular weight excluding hydrogens is 260 g/mol. The molecule has 0 saturated heterocycles. The van der Waals surface area contributed by atoms with E-state index in [4.69, 9.17) is 0 Å². The molecule has 2 rings (SSSR count). The Morgan fingerprint density at radius 1 is 1.19 bits per heavy atom. The van der Waals surface area contributed by atoms with Gasteiger partial charge >= 0.3 is 0 Å². The SMILES string of the molecule is CC[C@H](C)c1ccccc1NC(=O)C[n+]1ccc(C)cc1. The van der Waals surface area contributed by atoms with Crippen molar-refractivity contribution in [3.63, 3.8) is 0 Å². The number of para-hydroxylation sites is 1. The van der Waals surface area contributed by atoms with Gasteiger partial charge in [-0.2, -0.15) is 4.57 Å². The molecule has 1 N–H and O–H groups in total. The lowest BCUT2D eigenvalue weighted by atomic mass is 9.97. The smallest absolute Gasteiger partial charge is 0.290 e. The molecule has 0 bridgehead atoms. The molecule has 1 aromatic carbocycles. The van der Waals surface area contributed by atoms with Gasteiger partial charge in [-0.25, -0.2) is 0 Å². The second-order valence-electron chi connectivity index (χ2n) is 5.49. The van der Waals surface area contributed by atoms with E-state index >= 15 is 0 Å². The van der Waals surface area contributed by atoms with Crippen molar-refractivity contribution in [1.29, 1.82) is 0 Å². The molecule has 3 heteroatoms. The molecule has 0 unspecified atom stereocenters. The quantitative estimate of drug-likeness (QED) is 0.838. The molecular formula is C18H23N2O+. The number of carbonyl (C=O) groups is 1. The summed E-state index contributed by atoms with van der Waals surface area (Å²) in [5, 5.41) is 3.03. The van der Waals surface area contributed by atoms with Crippen LogP contribution in [0.2, 0.25) is 0 Å². The Morgan fingerprint density at radius 2 is 1.86 bits per heavy atom. The maximum atomic E-state index is 12.2. The van der Waals surface area contributed by atoms with Crippen molar-refractivity contribution in [2.75, 3.05) is 5.32 Å². The van der Waals surface area contributed by atoms with Crippen LogP contribution in [0, 0.1) is 6.92 Å². The largest absolute Gasteiger partial charge is 0.320 e. The Balaban J connectivity index is 2.07. The van der Waals surface area contributed by atoms with E-state index in [0.29, 0.717) is 12.5 Å².